The van der Waals surface area contributed by atoms with Gasteiger partial charge in [-0.2, -0.15) is 13.2 Å². The van der Waals surface area contributed by atoms with Crippen molar-refractivity contribution in [1.29, 1.82) is 0 Å². The lowest BCUT2D eigenvalue weighted by atomic mass is 10.1. The molecule has 0 saturated carbocycles. The van der Waals surface area contributed by atoms with Gasteiger partial charge in [0.2, 0.25) is 11.8 Å². The van der Waals surface area contributed by atoms with Crippen LogP contribution in [0, 0.1) is 0 Å². The molecule has 3 aromatic rings. The van der Waals surface area contributed by atoms with Crippen molar-refractivity contribution in [3.8, 4) is 11.6 Å². The van der Waals surface area contributed by atoms with E-state index in [1.165, 1.54) is 30.6 Å². The van der Waals surface area contributed by atoms with Gasteiger partial charge in [0.05, 0.1) is 5.56 Å². The number of ether oxygens (including phenoxy) is 1. The molecule has 3 rings (SSSR count). The fourth-order valence-electron chi connectivity index (χ4n) is 2.58. The summed E-state index contributed by atoms with van der Waals surface area (Å²) in [6.07, 6.45) is -3.21. The second kappa shape index (κ2) is 9.45. The summed E-state index contributed by atoms with van der Waals surface area (Å²) in [5.41, 5.74) is -0.123. The summed E-state index contributed by atoms with van der Waals surface area (Å²) in [5, 5.41) is 5.44. The topological polar surface area (TPSA) is 76.1 Å². The number of benzene rings is 2. The highest BCUT2D eigenvalue weighted by atomic mass is 35.5. The molecule has 0 saturated heterocycles. The molecule has 156 valence electrons. The average molecular weight is 437 g/mol. The number of anilines is 2. The highest BCUT2D eigenvalue weighted by Gasteiger charge is 2.32. The minimum atomic E-state index is -4.44. The molecule has 0 aliphatic rings. The molecular weight excluding hydrogens is 421 g/mol. The highest BCUT2D eigenvalue weighted by molar-refractivity contribution is 6.29. The summed E-state index contributed by atoms with van der Waals surface area (Å²) >= 11 is 5.47. The Morgan fingerprint density at radius 2 is 1.87 bits per heavy atom. The molecule has 0 spiro atoms. The summed E-state index contributed by atoms with van der Waals surface area (Å²) in [6, 6.07) is 13.3. The van der Waals surface area contributed by atoms with E-state index in [9.17, 15) is 18.0 Å². The van der Waals surface area contributed by atoms with Crippen molar-refractivity contribution in [2.45, 2.75) is 12.7 Å². The van der Waals surface area contributed by atoms with E-state index < -0.39 is 11.7 Å². The van der Waals surface area contributed by atoms with Crippen molar-refractivity contribution in [1.82, 2.24) is 9.97 Å². The number of nitrogens with one attached hydrogen (secondary N) is 2. The third kappa shape index (κ3) is 5.84. The number of nitrogens with zero attached hydrogens (tertiary/aromatic N) is 2. The fourth-order valence-corrected chi connectivity index (χ4v) is 2.65. The van der Waals surface area contributed by atoms with E-state index >= 15 is 0 Å². The maximum Gasteiger partial charge on any atom is 0.416 e. The normalized spacial score (nSPS) is 11.1. The molecule has 0 atom stereocenters. The quantitative estimate of drug-likeness (QED) is 0.505. The van der Waals surface area contributed by atoms with Crippen molar-refractivity contribution in [2.24, 2.45) is 0 Å². The molecule has 30 heavy (non-hydrogen) atoms. The van der Waals surface area contributed by atoms with Crippen LogP contribution in [0.1, 0.15) is 11.1 Å². The Bertz CT molecular complexity index is 1030. The molecule has 6 nitrogen and oxygen atoms in total. The van der Waals surface area contributed by atoms with Crippen molar-refractivity contribution < 1.29 is 22.7 Å². The van der Waals surface area contributed by atoms with Crippen LogP contribution >= 0.6 is 11.6 Å². The molecule has 0 aliphatic carbocycles. The summed E-state index contributed by atoms with van der Waals surface area (Å²) in [5.74, 6) is 0.334. The van der Waals surface area contributed by atoms with Gasteiger partial charge in [-0.1, -0.05) is 24.3 Å². The number of alkyl halides is 4. The highest BCUT2D eigenvalue weighted by Crippen LogP contribution is 2.32. The molecule has 0 fully saturated rings. The van der Waals surface area contributed by atoms with Crippen LogP contribution in [0.2, 0.25) is 0 Å². The number of carbonyl (C=O) groups excluding carboxylic acids is 1. The molecule has 2 N–H and O–H groups in total. The summed E-state index contributed by atoms with van der Waals surface area (Å²) in [4.78, 5) is 19.4. The molecule has 1 amide bonds. The molecular formula is C20H16ClF3N4O2. The third-order valence-electron chi connectivity index (χ3n) is 3.89. The Labute approximate surface area is 175 Å². The monoisotopic (exact) mass is 436 g/mol. The first-order chi connectivity index (χ1) is 14.3. The largest absolute Gasteiger partial charge is 0.439 e. The Hall–Kier alpha value is -3.33. The van der Waals surface area contributed by atoms with Crippen LogP contribution in [-0.4, -0.2) is 21.8 Å². The van der Waals surface area contributed by atoms with Crippen LogP contribution in [0.5, 0.6) is 11.6 Å². The van der Waals surface area contributed by atoms with E-state index in [0.717, 1.165) is 6.07 Å². The van der Waals surface area contributed by atoms with Crippen LogP contribution in [-0.2, 0) is 17.5 Å². The molecule has 2 aromatic carbocycles. The van der Waals surface area contributed by atoms with E-state index in [1.807, 2.05) is 0 Å². The lowest BCUT2D eigenvalue weighted by Gasteiger charge is -2.13. The van der Waals surface area contributed by atoms with Crippen LogP contribution in [0.25, 0.3) is 0 Å². The molecule has 0 aliphatic heterocycles. The van der Waals surface area contributed by atoms with E-state index in [0.29, 0.717) is 17.3 Å². The fraction of sp³-hybridized carbons (Fsp3) is 0.150. The van der Waals surface area contributed by atoms with Gasteiger partial charge in [0.15, 0.2) is 0 Å². The third-order valence-corrected chi connectivity index (χ3v) is 4.13. The first-order valence-electron chi connectivity index (χ1n) is 8.70. The summed E-state index contributed by atoms with van der Waals surface area (Å²) < 4.78 is 45.0. The van der Waals surface area contributed by atoms with Gasteiger partial charge < -0.3 is 15.4 Å². The number of hydrogen-bond donors (Lipinski definition) is 2. The number of rotatable bonds is 7. The lowest BCUT2D eigenvalue weighted by molar-refractivity contribution is -0.138. The van der Waals surface area contributed by atoms with E-state index in [-0.39, 0.29) is 29.8 Å². The predicted molar refractivity (Wildman–Crippen MR) is 107 cm³/mol. The summed E-state index contributed by atoms with van der Waals surface area (Å²) in [7, 11) is 0. The Kier molecular flexibility index (Phi) is 6.73. The maximum atomic E-state index is 13.1. The smallest absolute Gasteiger partial charge is 0.416 e. The van der Waals surface area contributed by atoms with Crippen molar-refractivity contribution >= 4 is 29.0 Å². The zero-order chi connectivity index (χ0) is 21.6. The first-order valence-corrected chi connectivity index (χ1v) is 9.23. The number of halogens is 4. The van der Waals surface area contributed by atoms with Crippen molar-refractivity contribution in [3.05, 3.63) is 72.1 Å². The molecule has 1 aromatic heterocycles. The van der Waals surface area contributed by atoms with Gasteiger partial charge in [0.1, 0.15) is 23.8 Å². The average Bonchev–Trinajstić information content (AvgIpc) is 2.72. The Balaban J connectivity index is 1.69. The Morgan fingerprint density at radius 1 is 1.07 bits per heavy atom. The molecule has 0 radical (unpaired) electrons. The van der Waals surface area contributed by atoms with Gasteiger partial charge in [-0.3, -0.25) is 4.79 Å². The summed E-state index contributed by atoms with van der Waals surface area (Å²) in [6.45, 7) is -0.0773. The van der Waals surface area contributed by atoms with Crippen LogP contribution in [0.3, 0.4) is 0 Å². The van der Waals surface area contributed by atoms with Gasteiger partial charge in [0.25, 0.3) is 0 Å². The molecule has 1 heterocycles. The van der Waals surface area contributed by atoms with Gasteiger partial charge in [-0.15, -0.1) is 11.6 Å². The van der Waals surface area contributed by atoms with Gasteiger partial charge in [0, 0.05) is 24.4 Å². The maximum absolute atomic E-state index is 13.1. The zero-order valence-corrected chi connectivity index (χ0v) is 16.2. The van der Waals surface area contributed by atoms with Gasteiger partial charge >= 0.3 is 6.18 Å². The first kappa shape index (κ1) is 21.4. The molecule has 0 bridgehead atoms. The second-order valence-electron chi connectivity index (χ2n) is 6.06. The lowest BCUT2D eigenvalue weighted by Crippen LogP contribution is -2.12. The number of hydrogen-bond acceptors (Lipinski definition) is 5. The van der Waals surface area contributed by atoms with Crippen LogP contribution in [0.15, 0.2) is 60.9 Å². The second-order valence-corrected chi connectivity index (χ2v) is 6.33. The zero-order valence-electron chi connectivity index (χ0n) is 15.4. The minimum absolute atomic E-state index is 0.0773. The van der Waals surface area contributed by atoms with E-state index in [4.69, 9.17) is 16.3 Å². The SMILES string of the molecule is O=C(CCl)Nc1cccc(Oc2cc(NCc3ccccc3C(F)(F)F)ncn2)c1. The standard InChI is InChI=1S/C20H16ClF3N4O2/c21-10-18(29)28-14-5-3-6-15(8-14)30-19-9-17(26-12-27-19)25-11-13-4-1-2-7-16(13)20(22,23)24/h1-9,12H,10-11H2,(H,28,29)(H,25,26,27). The number of carbonyl (C=O) groups is 1. The van der Waals surface area contributed by atoms with Gasteiger partial charge in [-0.05, 0) is 23.8 Å². The van der Waals surface area contributed by atoms with Crippen LogP contribution < -0.4 is 15.4 Å². The van der Waals surface area contributed by atoms with E-state index in [1.54, 1.807) is 24.3 Å². The molecule has 0 unspecified atom stereocenters. The molecule has 10 heteroatoms. The van der Waals surface area contributed by atoms with E-state index in [2.05, 4.69) is 20.6 Å². The van der Waals surface area contributed by atoms with Gasteiger partial charge in [-0.25, -0.2) is 9.97 Å². The predicted octanol–water partition coefficient (Wildman–Crippen LogP) is 5.08. The number of aromatic nitrogens is 2. The van der Waals surface area contributed by atoms with Crippen LogP contribution in [0.4, 0.5) is 24.7 Å². The van der Waals surface area contributed by atoms with Crippen molar-refractivity contribution in [3.63, 3.8) is 0 Å². The number of amides is 1. The minimum Gasteiger partial charge on any atom is -0.439 e. The van der Waals surface area contributed by atoms with Crippen molar-refractivity contribution in [2.75, 3.05) is 16.5 Å². The Morgan fingerprint density at radius 3 is 2.63 bits per heavy atom.